The van der Waals surface area contributed by atoms with Gasteiger partial charge in [-0.05, 0) is 57.2 Å². The lowest BCUT2D eigenvalue weighted by Gasteiger charge is -2.22. The van der Waals surface area contributed by atoms with Crippen LogP contribution in [0, 0.1) is 0 Å². The molecule has 0 atom stereocenters. The minimum absolute atomic E-state index is 0.0593. The van der Waals surface area contributed by atoms with E-state index in [4.69, 9.17) is 9.47 Å². The Kier molecular flexibility index (Phi) is 9.61. The number of hydrogen-bond acceptors (Lipinski definition) is 6. The maximum Gasteiger partial charge on any atom is 0.273 e. The lowest BCUT2D eigenvalue weighted by molar-refractivity contribution is 0.0694. The van der Waals surface area contributed by atoms with Crippen LogP contribution >= 0.6 is 0 Å². The molecule has 10 heteroatoms. The Morgan fingerprint density at radius 1 is 1.18 bits per heavy atom. The summed E-state index contributed by atoms with van der Waals surface area (Å²) in [6.07, 6.45) is 6.06. The summed E-state index contributed by atoms with van der Waals surface area (Å²) in [5.74, 6) is -0.0279. The molecule has 1 aromatic carbocycles. The summed E-state index contributed by atoms with van der Waals surface area (Å²) in [5.41, 5.74) is 1.24. The first kappa shape index (κ1) is 24.6. The molecule has 0 bridgehead atoms. The van der Waals surface area contributed by atoms with E-state index in [1.54, 1.807) is 24.4 Å². The minimum Gasteiger partial charge on any atom is -0.491 e. The molecule has 1 aliphatic heterocycles. The molecule has 2 N–H and O–H groups in total. The minimum atomic E-state index is -0.309. The molecule has 0 spiro atoms. The van der Waals surface area contributed by atoms with Crippen molar-refractivity contribution in [2.45, 2.75) is 51.5 Å². The van der Waals surface area contributed by atoms with Crippen LogP contribution in [-0.2, 0) is 4.74 Å². The summed E-state index contributed by atoms with van der Waals surface area (Å²) in [4.78, 5) is 24.9. The van der Waals surface area contributed by atoms with E-state index in [2.05, 4.69) is 20.9 Å². The van der Waals surface area contributed by atoms with Crippen LogP contribution in [0.1, 0.15) is 66.3 Å². The van der Waals surface area contributed by atoms with Crippen LogP contribution in [0.25, 0.3) is 5.69 Å². The first-order valence-electron chi connectivity index (χ1n) is 11.5. The third-order valence-electron chi connectivity index (χ3n) is 5.37. The van der Waals surface area contributed by atoms with Gasteiger partial charge < -0.3 is 20.1 Å². The van der Waals surface area contributed by atoms with Gasteiger partial charge in [0, 0.05) is 31.4 Å². The number of ether oxygens (including phenoxy) is 2. The number of carbonyl (C=O) groups excluding carboxylic acids is 2. The van der Waals surface area contributed by atoms with Crippen molar-refractivity contribution in [1.29, 1.82) is 0 Å². The topological polar surface area (TPSA) is 107 Å². The van der Waals surface area contributed by atoms with Gasteiger partial charge in [0.1, 0.15) is 11.4 Å². The SMILES string of the molecule is CCNC(=O)c1ccc(-n2cc(C(=O)NC3CCOCC3)nn2)c(OCCCCCCF)c1. The Labute approximate surface area is 193 Å². The third kappa shape index (κ3) is 7.24. The van der Waals surface area contributed by atoms with Crippen LogP contribution in [0.4, 0.5) is 4.39 Å². The number of nitrogens with zero attached hydrogens (tertiary/aromatic N) is 3. The maximum absolute atomic E-state index is 12.6. The van der Waals surface area contributed by atoms with Crippen molar-refractivity contribution in [3.63, 3.8) is 0 Å². The molecule has 2 aromatic rings. The van der Waals surface area contributed by atoms with Crippen molar-refractivity contribution in [2.24, 2.45) is 0 Å². The zero-order chi connectivity index (χ0) is 23.5. The Morgan fingerprint density at radius 2 is 1.97 bits per heavy atom. The number of unbranched alkanes of at least 4 members (excludes halogenated alkanes) is 3. The van der Waals surface area contributed by atoms with Crippen molar-refractivity contribution >= 4 is 11.8 Å². The number of halogens is 1. The average molecular weight is 462 g/mol. The predicted molar refractivity (Wildman–Crippen MR) is 121 cm³/mol. The smallest absolute Gasteiger partial charge is 0.273 e. The second-order valence-electron chi connectivity index (χ2n) is 7.90. The number of alkyl halides is 1. The van der Waals surface area contributed by atoms with Gasteiger partial charge in [0.2, 0.25) is 0 Å². The van der Waals surface area contributed by atoms with Gasteiger partial charge in [-0.3, -0.25) is 14.0 Å². The largest absolute Gasteiger partial charge is 0.491 e. The van der Waals surface area contributed by atoms with Gasteiger partial charge in [0.05, 0.1) is 19.5 Å². The molecule has 1 aromatic heterocycles. The Morgan fingerprint density at radius 3 is 2.73 bits per heavy atom. The van der Waals surface area contributed by atoms with E-state index in [-0.39, 0.29) is 30.2 Å². The molecule has 1 saturated heterocycles. The van der Waals surface area contributed by atoms with Crippen molar-refractivity contribution < 1.29 is 23.5 Å². The molecular weight excluding hydrogens is 429 g/mol. The number of amides is 2. The molecule has 33 heavy (non-hydrogen) atoms. The quantitative estimate of drug-likeness (QED) is 0.471. The van der Waals surface area contributed by atoms with Gasteiger partial charge >= 0.3 is 0 Å². The van der Waals surface area contributed by atoms with E-state index < -0.39 is 0 Å². The van der Waals surface area contributed by atoms with E-state index in [1.807, 2.05) is 6.92 Å². The zero-order valence-electron chi connectivity index (χ0n) is 19.0. The molecule has 0 radical (unpaired) electrons. The van der Waals surface area contributed by atoms with Crippen LogP contribution in [0.2, 0.25) is 0 Å². The lowest BCUT2D eigenvalue weighted by atomic mass is 10.1. The highest BCUT2D eigenvalue weighted by molar-refractivity contribution is 5.95. The van der Waals surface area contributed by atoms with Gasteiger partial charge in [-0.1, -0.05) is 11.6 Å². The fourth-order valence-electron chi connectivity index (χ4n) is 3.54. The molecule has 3 rings (SSSR count). The van der Waals surface area contributed by atoms with Gasteiger partial charge in [-0.2, -0.15) is 0 Å². The van der Waals surface area contributed by atoms with Crippen LogP contribution in [0.15, 0.2) is 24.4 Å². The molecule has 1 fully saturated rings. The molecule has 0 aliphatic carbocycles. The van der Waals surface area contributed by atoms with Crippen molar-refractivity contribution in [3.8, 4) is 11.4 Å². The van der Waals surface area contributed by atoms with Crippen molar-refractivity contribution in [3.05, 3.63) is 35.7 Å². The summed E-state index contributed by atoms with van der Waals surface area (Å²) in [5, 5.41) is 13.9. The number of aromatic nitrogens is 3. The number of hydrogen-bond donors (Lipinski definition) is 2. The molecule has 1 aliphatic rings. The molecule has 0 unspecified atom stereocenters. The van der Waals surface area contributed by atoms with Crippen molar-refractivity contribution in [2.75, 3.05) is 33.0 Å². The van der Waals surface area contributed by atoms with E-state index in [9.17, 15) is 14.0 Å². The molecular formula is C23H32FN5O4. The average Bonchev–Trinajstić information content (AvgIpc) is 3.32. The fraction of sp³-hybridized carbons (Fsp3) is 0.565. The Bertz CT molecular complexity index is 914. The lowest BCUT2D eigenvalue weighted by Crippen LogP contribution is -2.39. The third-order valence-corrected chi connectivity index (χ3v) is 5.37. The highest BCUT2D eigenvalue weighted by Crippen LogP contribution is 2.25. The number of carbonyl (C=O) groups is 2. The standard InChI is InChI=1S/C23H32FN5O4/c1-2-25-22(30)17-7-8-20(21(15-17)33-12-6-4-3-5-11-24)29-16-19(27-28-29)23(31)26-18-9-13-32-14-10-18/h7-8,15-16,18H,2-6,9-14H2,1H3,(H,25,30)(H,26,31). The first-order valence-corrected chi connectivity index (χ1v) is 11.5. The second kappa shape index (κ2) is 12.9. The summed E-state index contributed by atoms with van der Waals surface area (Å²) >= 11 is 0. The van der Waals surface area contributed by atoms with E-state index in [1.165, 1.54) is 4.68 Å². The van der Waals surface area contributed by atoms with Gasteiger partial charge in [0.25, 0.3) is 11.8 Å². The summed E-state index contributed by atoms with van der Waals surface area (Å²) < 4.78 is 25.0. The van der Waals surface area contributed by atoms with Crippen LogP contribution < -0.4 is 15.4 Å². The molecule has 2 amide bonds. The summed E-state index contributed by atoms with van der Waals surface area (Å²) in [6, 6.07) is 5.12. The molecule has 180 valence electrons. The first-order chi connectivity index (χ1) is 16.1. The Hall–Kier alpha value is -3.01. The van der Waals surface area contributed by atoms with E-state index >= 15 is 0 Å². The zero-order valence-corrected chi connectivity index (χ0v) is 19.0. The highest BCUT2D eigenvalue weighted by atomic mass is 19.1. The monoisotopic (exact) mass is 461 g/mol. The molecule has 0 saturated carbocycles. The normalized spacial score (nSPS) is 14.1. The van der Waals surface area contributed by atoms with Gasteiger partial charge in [-0.15, -0.1) is 5.10 Å². The summed E-state index contributed by atoms with van der Waals surface area (Å²) in [6.45, 7) is 3.73. The number of rotatable bonds is 12. The molecule has 9 nitrogen and oxygen atoms in total. The summed E-state index contributed by atoms with van der Waals surface area (Å²) in [7, 11) is 0. The van der Waals surface area contributed by atoms with Gasteiger partial charge in [0.15, 0.2) is 5.69 Å². The highest BCUT2D eigenvalue weighted by Gasteiger charge is 2.20. The van der Waals surface area contributed by atoms with Gasteiger partial charge in [-0.25, -0.2) is 4.68 Å². The Balaban J connectivity index is 1.73. The number of benzene rings is 1. The fourth-order valence-corrected chi connectivity index (χ4v) is 3.54. The van der Waals surface area contributed by atoms with Crippen LogP contribution in [0.3, 0.4) is 0 Å². The maximum atomic E-state index is 12.6. The predicted octanol–water partition coefficient (Wildman–Crippen LogP) is 2.83. The van der Waals surface area contributed by atoms with Crippen LogP contribution in [-0.4, -0.2) is 65.9 Å². The van der Waals surface area contributed by atoms with E-state index in [0.717, 1.165) is 32.1 Å². The van der Waals surface area contributed by atoms with Crippen LogP contribution in [0.5, 0.6) is 5.75 Å². The molecule has 2 heterocycles. The number of nitrogens with one attached hydrogen (secondary N) is 2. The van der Waals surface area contributed by atoms with E-state index in [0.29, 0.717) is 49.8 Å². The second-order valence-corrected chi connectivity index (χ2v) is 7.90. The van der Waals surface area contributed by atoms with Crippen molar-refractivity contribution in [1.82, 2.24) is 25.6 Å².